The van der Waals surface area contributed by atoms with E-state index in [1.165, 1.54) is 28.3 Å². The SMILES string of the molecule is CC1(c2ccccc2)NC(=O)N(NC(=O)COC(=O)CCC(=O)N2CCN(S(=O)(=O)c3ccccc3)CC2)C1=O. The second-order valence-electron chi connectivity index (χ2n) is 9.36. The van der Waals surface area contributed by atoms with Crippen LogP contribution in [-0.4, -0.2) is 85.1 Å². The summed E-state index contributed by atoms with van der Waals surface area (Å²) >= 11 is 0. The van der Waals surface area contributed by atoms with Gasteiger partial charge in [0.15, 0.2) is 6.61 Å². The molecule has 4 rings (SSSR count). The smallest absolute Gasteiger partial charge is 0.344 e. The Morgan fingerprint density at radius 1 is 0.925 bits per heavy atom. The van der Waals surface area contributed by atoms with Crippen molar-refractivity contribution in [1.82, 2.24) is 25.0 Å². The molecule has 0 spiro atoms. The number of ether oxygens (including phenoxy) is 1. The van der Waals surface area contributed by atoms with Gasteiger partial charge in [0.25, 0.3) is 11.8 Å². The fourth-order valence-electron chi connectivity index (χ4n) is 4.37. The predicted molar refractivity (Wildman–Crippen MR) is 139 cm³/mol. The quantitative estimate of drug-likeness (QED) is 0.322. The molecule has 5 amide bonds. The molecule has 2 heterocycles. The summed E-state index contributed by atoms with van der Waals surface area (Å²) in [5, 5.41) is 3.07. The minimum absolute atomic E-state index is 0.125. The Kier molecular flexibility index (Phi) is 8.49. The van der Waals surface area contributed by atoms with E-state index in [0.717, 1.165) is 0 Å². The molecule has 0 aliphatic carbocycles. The molecule has 40 heavy (non-hydrogen) atoms. The third kappa shape index (κ3) is 6.13. The highest BCUT2D eigenvalue weighted by molar-refractivity contribution is 7.89. The second kappa shape index (κ2) is 11.8. The molecule has 0 radical (unpaired) electrons. The summed E-state index contributed by atoms with van der Waals surface area (Å²) in [5.74, 6) is -2.78. The maximum atomic E-state index is 12.8. The lowest BCUT2D eigenvalue weighted by molar-refractivity contribution is -0.151. The highest BCUT2D eigenvalue weighted by Crippen LogP contribution is 2.27. The zero-order chi connectivity index (χ0) is 28.9. The van der Waals surface area contributed by atoms with Crippen LogP contribution in [0.3, 0.4) is 0 Å². The van der Waals surface area contributed by atoms with Crippen LogP contribution in [0.4, 0.5) is 4.79 Å². The number of urea groups is 1. The number of hydrogen-bond donors (Lipinski definition) is 2. The number of carbonyl (C=O) groups excluding carboxylic acids is 5. The lowest BCUT2D eigenvalue weighted by Crippen LogP contribution is -2.50. The van der Waals surface area contributed by atoms with Crippen LogP contribution in [0.25, 0.3) is 0 Å². The third-order valence-corrected chi connectivity index (χ3v) is 8.57. The molecule has 2 aliphatic heterocycles. The largest absolute Gasteiger partial charge is 0.455 e. The van der Waals surface area contributed by atoms with E-state index in [1.54, 1.807) is 48.5 Å². The number of nitrogens with one attached hydrogen (secondary N) is 2. The fourth-order valence-corrected chi connectivity index (χ4v) is 5.81. The summed E-state index contributed by atoms with van der Waals surface area (Å²) in [4.78, 5) is 63.7. The van der Waals surface area contributed by atoms with Gasteiger partial charge >= 0.3 is 12.0 Å². The average Bonchev–Trinajstić information content (AvgIpc) is 3.19. The van der Waals surface area contributed by atoms with E-state index in [2.05, 4.69) is 10.7 Å². The monoisotopic (exact) mass is 571 g/mol. The molecule has 2 N–H and O–H groups in total. The van der Waals surface area contributed by atoms with Crippen molar-refractivity contribution >= 4 is 39.7 Å². The van der Waals surface area contributed by atoms with Gasteiger partial charge < -0.3 is 15.0 Å². The van der Waals surface area contributed by atoms with E-state index in [4.69, 9.17) is 4.74 Å². The maximum Gasteiger partial charge on any atom is 0.344 e. The Morgan fingerprint density at radius 2 is 1.52 bits per heavy atom. The number of hydrogen-bond acceptors (Lipinski definition) is 8. The fraction of sp³-hybridized carbons (Fsp3) is 0.346. The summed E-state index contributed by atoms with van der Waals surface area (Å²) < 4.78 is 31.7. The number of rotatable bonds is 9. The average molecular weight is 572 g/mol. The van der Waals surface area contributed by atoms with E-state index < -0.39 is 46.0 Å². The van der Waals surface area contributed by atoms with Gasteiger partial charge in [-0.2, -0.15) is 9.31 Å². The van der Waals surface area contributed by atoms with Crippen LogP contribution in [0.2, 0.25) is 0 Å². The van der Waals surface area contributed by atoms with Crippen molar-refractivity contribution < 1.29 is 37.1 Å². The van der Waals surface area contributed by atoms with Crippen LogP contribution in [-0.2, 0) is 39.5 Å². The molecule has 14 heteroatoms. The summed E-state index contributed by atoms with van der Waals surface area (Å²) in [6.07, 6.45) is -0.488. The van der Waals surface area contributed by atoms with E-state index in [0.29, 0.717) is 10.6 Å². The standard InChI is InChI=1S/C26H29N5O8S/c1-26(19-8-4-2-5-9-19)24(35)31(25(36)27-26)28-21(32)18-39-23(34)13-12-22(33)29-14-16-30(17-15-29)40(37,38)20-10-6-3-7-11-20/h2-11H,12-18H2,1H3,(H,27,36)(H,28,32). The van der Waals surface area contributed by atoms with Crippen molar-refractivity contribution in [3.8, 4) is 0 Å². The van der Waals surface area contributed by atoms with Gasteiger partial charge in [-0.1, -0.05) is 48.5 Å². The number of carbonyl (C=O) groups is 5. The molecule has 1 unspecified atom stereocenters. The van der Waals surface area contributed by atoms with Crippen LogP contribution in [0.15, 0.2) is 65.6 Å². The van der Waals surface area contributed by atoms with Crippen molar-refractivity contribution in [2.75, 3.05) is 32.8 Å². The number of nitrogens with zero attached hydrogens (tertiary/aromatic N) is 3. The first-order valence-corrected chi connectivity index (χ1v) is 14.0. The molecule has 2 aliphatic rings. The first-order valence-electron chi connectivity index (χ1n) is 12.5. The molecule has 212 valence electrons. The van der Waals surface area contributed by atoms with Gasteiger partial charge in [-0.3, -0.25) is 24.6 Å². The zero-order valence-corrected chi connectivity index (χ0v) is 22.6. The highest BCUT2D eigenvalue weighted by Gasteiger charge is 2.50. The molecule has 0 saturated carbocycles. The predicted octanol–water partition coefficient (Wildman–Crippen LogP) is 0.341. The summed E-state index contributed by atoms with van der Waals surface area (Å²) in [6.45, 7) is 1.35. The number of amides is 5. The molecule has 2 saturated heterocycles. The van der Waals surface area contributed by atoms with E-state index in [-0.39, 0.29) is 49.8 Å². The number of piperazine rings is 1. The van der Waals surface area contributed by atoms with Crippen LogP contribution in [0.5, 0.6) is 0 Å². The van der Waals surface area contributed by atoms with E-state index in [9.17, 15) is 32.4 Å². The molecule has 2 aromatic rings. The summed E-state index contributed by atoms with van der Waals surface area (Å²) in [5.41, 5.74) is 1.28. The van der Waals surface area contributed by atoms with Crippen LogP contribution >= 0.6 is 0 Å². The Balaban J connectivity index is 1.18. The minimum atomic E-state index is -3.65. The normalized spacial score (nSPS) is 19.7. The Morgan fingerprint density at radius 3 is 2.15 bits per heavy atom. The van der Waals surface area contributed by atoms with Crippen LogP contribution < -0.4 is 10.7 Å². The molecule has 2 aromatic carbocycles. The molecule has 1 atom stereocenters. The zero-order valence-electron chi connectivity index (χ0n) is 21.7. The van der Waals surface area contributed by atoms with Crippen LogP contribution in [0.1, 0.15) is 25.3 Å². The number of benzene rings is 2. The first kappa shape index (κ1) is 28.7. The molecular weight excluding hydrogens is 542 g/mol. The maximum absolute atomic E-state index is 12.8. The second-order valence-corrected chi connectivity index (χ2v) is 11.3. The van der Waals surface area contributed by atoms with Crippen molar-refractivity contribution in [3.05, 3.63) is 66.2 Å². The van der Waals surface area contributed by atoms with Crippen molar-refractivity contribution in [3.63, 3.8) is 0 Å². The molecule has 0 bridgehead atoms. The minimum Gasteiger partial charge on any atom is -0.455 e. The highest BCUT2D eigenvalue weighted by atomic mass is 32.2. The molecule has 13 nitrogen and oxygen atoms in total. The van der Waals surface area contributed by atoms with Crippen molar-refractivity contribution in [2.45, 2.75) is 30.2 Å². The molecule has 2 fully saturated rings. The Labute approximate surface area is 231 Å². The molecule has 0 aromatic heterocycles. The third-order valence-electron chi connectivity index (χ3n) is 6.66. The Hall–Kier alpha value is -4.30. The first-order chi connectivity index (χ1) is 19.0. The van der Waals surface area contributed by atoms with Gasteiger partial charge in [-0.15, -0.1) is 0 Å². The number of sulfonamides is 1. The van der Waals surface area contributed by atoms with Gasteiger partial charge in [0.2, 0.25) is 15.9 Å². The number of imide groups is 1. The number of hydrazine groups is 1. The Bertz CT molecular complexity index is 1390. The molecular formula is C26H29N5O8S. The van der Waals surface area contributed by atoms with Crippen LogP contribution in [0, 0.1) is 0 Å². The number of esters is 1. The summed E-state index contributed by atoms with van der Waals surface area (Å²) in [6, 6.07) is 15.7. The van der Waals surface area contributed by atoms with Gasteiger partial charge in [0.05, 0.1) is 11.3 Å². The van der Waals surface area contributed by atoms with Gasteiger partial charge in [0.1, 0.15) is 5.54 Å². The summed E-state index contributed by atoms with van der Waals surface area (Å²) in [7, 11) is -3.65. The van der Waals surface area contributed by atoms with Crippen molar-refractivity contribution in [1.29, 1.82) is 0 Å². The lowest BCUT2D eigenvalue weighted by atomic mass is 9.92. The van der Waals surface area contributed by atoms with E-state index >= 15 is 0 Å². The van der Waals surface area contributed by atoms with Crippen molar-refractivity contribution in [2.24, 2.45) is 0 Å². The lowest BCUT2D eigenvalue weighted by Gasteiger charge is -2.34. The van der Waals surface area contributed by atoms with E-state index in [1.807, 2.05) is 0 Å². The van der Waals surface area contributed by atoms with Gasteiger partial charge in [0, 0.05) is 32.6 Å². The topological polar surface area (TPSA) is 162 Å². The van der Waals surface area contributed by atoms with Gasteiger partial charge in [-0.25, -0.2) is 13.2 Å². The van der Waals surface area contributed by atoms with Gasteiger partial charge in [-0.05, 0) is 24.6 Å².